The smallest absolute Gasteiger partial charge is 0.157 e. The maximum Gasteiger partial charge on any atom is 0.157 e. The van der Waals surface area contributed by atoms with Crippen LogP contribution in [0.2, 0.25) is 0 Å². The predicted octanol–water partition coefficient (Wildman–Crippen LogP) is 3.18. The summed E-state index contributed by atoms with van der Waals surface area (Å²) in [5, 5.41) is 14.2. The van der Waals surface area contributed by atoms with Crippen LogP contribution < -0.4 is 4.74 Å². The summed E-state index contributed by atoms with van der Waals surface area (Å²) in [5.41, 5.74) is 1.34. The molecule has 0 radical (unpaired) electrons. The van der Waals surface area contributed by atoms with Gasteiger partial charge in [-0.3, -0.25) is 9.48 Å². The lowest BCUT2D eigenvalue weighted by atomic mass is 9.86. The molecule has 0 aliphatic carbocycles. The van der Waals surface area contributed by atoms with Gasteiger partial charge in [-0.1, -0.05) is 6.07 Å². The molecule has 2 unspecified atom stereocenters. The Morgan fingerprint density at radius 2 is 2.28 bits per heavy atom. The van der Waals surface area contributed by atoms with Gasteiger partial charge >= 0.3 is 0 Å². The van der Waals surface area contributed by atoms with Gasteiger partial charge in [0.1, 0.15) is 11.5 Å². The number of hydrogen-bond acceptors (Lipinski definition) is 5. The van der Waals surface area contributed by atoms with Crippen molar-refractivity contribution in [2.24, 2.45) is 5.92 Å². The summed E-state index contributed by atoms with van der Waals surface area (Å²) in [6.45, 7) is 6.00. The second-order valence-electron chi connectivity index (χ2n) is 6.64. The van der Waals surface area contributed by atoms with Gasteiger partial charge in [-0.05, 0) is 38.5 Å². The third-order valence-electron chi connectivity index (χ3n) is 4.68. The molecule has 0 bridgehead atoms. The number of rotatable bonds is 6. The molecule has 3 rings (SSSR count). The lowest BCUT2D eigenvalue weighted by Gasteiger charge is -2.32. The molecule has 1 aromatic carbocycles. The highest BCUT2D eigenvalue weighted by atomic mass is 16.5. The number of aromatic nitrogens is 2. The van der Waals surface area contributed by atoms with Gasteiger partial charge in [0, 0.05) is 36.4 Å². The van der Waals surface area contributed by atoms with E-state index in [4.69, 9.17) is 9.47 Å². The molecule has 1 aliphatic heterocycles. The molecule has 2 aromatic rings. The van der Waals surface area contributed by atoms with Crippen LogP contribution in [0, 0.1) is 5.92 Å². The number of aldehydes is 1. The van der Waals surface area contributed by atoms with E-state index in [1.54, 1.807) is 12.1 Å². The van der Waals surface area contributed by atoms with E-state index >= 15 is 0 Å². The van der Waals surface area contributed by atoms with Gasteiger partial charge in [0.05, 0.1) is 18.8 Å². The molecule has 2 heterocycles. The van der Waals surface area contributed by atoms with E-state index in [2.05, 4.69) is 18.9 Å². The second-order valence-corrected chi connectivity index (χ2v) is 6.64. The van der Waals surface area contributed by atoms with Crippen LogP contribution in [-0.4, -0.2) is 41.0 Å². The van der Waals surface area contributed by atoms with Crippen molar-refractivity contribution in [2.75, 3.05) is 19.8 Å². The first-order chi connectivity index (χ1) is 12.1. The number of benzene rings is 1. The fraction of sp³-hybridized carbons (Fsp3) is 0.474. The highest BCUT2D eigenvalue weighted by Gasteiger charge is 2.31. The Bertz CT molecular complexity index is 726. The Hall–Kier alpha value is -2.34. The predicted molar refractivity (Wildman–Crippen MR) is 93.3 cm³/mol. The maximum absolute atomic E-state index is 11.2. The lowest BCUT2D eigenvalue weighted by Crippen LogP contribution is -2.32. The summed E-state index contributed by atoms with van der Waals surface area (Å²) in [5.74, 6) is 0.798. The van der Waals surface area contributed by atoms with Crippen LogP contribution >= 0.6 is 0 Å². The minimum Gasteiger partial charge on any atom is -0.507 e. The van der Waals surface area contributed by atoms with E-state index in [0.29, 0.717) is 31.9 Å². The molecule has 0 amide bonds. The Morgan fingerprint density at radius 3 is 3.04 bits per heavy atom. The zero-order valence-corrected chi connectivity index (χ0v) is 14.6. The lowest BCUT2D eigenvalue weighted by molar-refractivity contribution is 0.0272. The number of hydrogen-bond donors (Lipinski definition) is 1. The van der Waals surface area contributed by atoms with Crippen molar-refractivity contribution < 1.29 is 19.4 Å². The highest BCUT2D eigenvalue weighted by molar-refractivity contribution is 5.83. The van der Waals surface area contributed by atoms with E-state index in [9.17, 15) is 9.90 Å². The third-order valence-corrected chi connectivity index (χ3v) is 4.68. The molecule has 1 N–H and O–H groups in total. The van der Waals surface area contributed by atoms with E-state index in [1.165, 1.54) is 6.07 Å². The number of phenolic OH excluding ortho intramolecular Hbond substituents is 1. The Morgan fingerprint density at radius 1 is 1.44 bits per heavy atom. The molecule has 6 nitrogen and oxygen atoms in total. The Kier molecular flexibility index (Phi) is 5.38. The molecule has 2 atom stereocenters. The van der Waals surface area contributed by atoms with Crippen molar-refractivity contribution in [3.8, 4) is 11.5 Å². The van der Waals surface area contributed by atoms with Crippen LogP contribution in [0.25, 0.3) is 0 Å². The average molecular weight is 344 g/mol. The number of nitrogens with zero attached hydrogens (tertiary/aromatic N) is 2. The third kappa shape index (κ3) is 3.69. The number of aromatic hydroxyl groups is 1. The topological polar surface area (TPSA) is 73.6 Å². The van der Waals surface area contributed by atoms with E-state index < -0.39 is 0 Å². The van der Waals surface area contributed by atoms with Crippen molar-refractivity contribution in [1.29, 1.82) is 0 Å². The minimum absolute atomic E-state index is 0.0612. The molecule has 1 fully saturated rings. The fourth-order valence-corrected chi connectivity index (χ4v) is 3.33. The van der Waals surface area contributed by atoms with Gasteiger partial charge in [0.25, 0.3) is 0 Å². The van der Waals surface area contributed by atoms with Crippen LogP contribution in [0.3, 0.4) is 0 Å². The zero-order valence-electron chi connectivity index (χ0n) is 14.6. The standard InChI is InChI=1S/C19H24N2O4/c1-13(2)21-17(6-8-20-21)16-12-24-9-7-14(16)11-25-19-5-3-4-18(23)15(19)10-22/h3-6,8,10,13-14,16,23H,7,9,11-12H2,1-2H3. The summed E-state index contributed by atoms with van der Waals surface area (Å²) < 4.78 is 13.6. The first-order valence-corrected chi connectivity index (χ1v) is 8.63. The van der Waals surface area contributed by atoms with Gasteiger partial charge in [-0.25, -0.2) is 0 Å². The van der Waals surface area contributed by atoms with Crippen LogP contribution in [0.15, 0.2) is 30.5 Å². The SMILES string of the molecule is CC(C)n1nccc1C1COCCC1COc1cccc(O)c1C=O. The molecule has 1 aromatic heterocycles. The monoisotopic (exact) mass is 344 g/mol. The maximum atomic E-state index is 11.2. The Labute approximate surface area is 147 Å². The highest BCUT2D eigenvalue weighted by Crippen LogP contribution is 2.34. The number of phenols is 1. The van der Waals surface area contributed by atoms with Crippen molar-refractivity contribution in [2.45, 2.75) is 32.2 Å². The van der Waals surface area contributed by atoms with Crippen molar-refractivity contribution in [3.63, 3.8) is 0 Å². The molecular formula is C19H24N2O4. The summed E-state index contributed by atoms with van der Waals surface area (Å²) in [6, 6.07) is 7.18. The first kappa shape index (κ1) is 17.5. The van der Waals surface area contributed by atoms with Gasteiger partial charge in [-0.15, -0.1) is 0 Å². The molecule has 0 spiro atoms. The fourth-order valence-electron chi connectivity index (χ4n) is 3.33. The first-order valence-electron chi connectivity index (χ1n) is 8.63. The zero-order chi connectivity index (χ0) is 17.8. The van der Waals surface area contributed by atoms with Crippen LogP contribution in [0.4, 0.5) is 0 Å². The van der Waals surface area contributed by atoms with Crippen molar-refractivity contribution in [3.05, 3.63) is 41.7 Å². The van der Waals surface area contributed by atoms with Gasteiger partial charge < -0.3 is 14.6 Å². The summed E-state index contributed by atoms with van der Waals surface area (Å²) in [6.07, 6.45) is 3.32. The second kappa shape index (κ2) is 7.70. The van der Waals surface area contributed by atoms with E-state index in [-0.39, 0.29) is 29.2 Å². The van der Waals surface area contributed by atoms with Crippen LogP contribution in [0.1, 0.15) is 48.3 Å². The average Bonchev–Trinajstić information content (AvgIpc) is 3.10. The number of ether oxygens (including phenoxy) is 2. The van der Waals surface area contributed by atoms with E-state index in [1.807, 2.05) is 16.9 Å². The minimum atomic E-state index is -0.0612. The molecular weight excluding hydrogens is 320 g/mol. The van der Waals surface area contributed by atoms with Gasteiger partial charge in [-0.2, -0.15) is 5.10 Å². The molecule has 0 saturated carbocycles. The molecule has 1 aliphatic rings. The van der Waals surface area contributed by atoms with Gasteiger partial charge in [0.15, 0.2) is 6.29 Å². The summed E-state index contributed by atoms with van der Waals surface area (Å²) in [4.78, 5) is 11.2. The quantitative estimate of drug-likeness (QED) is 0.815. The summed E-state index contributed by atoms with van der Waals surface area (Å²) in [7, 11) is 0. The largest absolute Gasteiger partial charge is 0.507 e. The van der Waals surface area contributed by atoms with E-state index in [0.717, 1.165) is 12.1 Å². The van der Waals surface area contributed by atoms with Crippen molar-refractivity contribution in [1.82, 2.24) is 9.78 Å². The normalized spacial score (nSPS) is 20.6. The molecule has 1 saturated heterocycles. The van der Waals surface area contributed by atoms with Crippen LogP contribution in [-0.2, 0) is 4.74 Å². The number of carbonyl (C=O) groups is 1. The van der Waals surface area contributed by atoms with Crippen LogP contribution in [0.5, 0.6) is 11.5 Å². The van der Waals surface area contributed by atoms with Gasteiger partial charge in [0.2, 0.25) is 0 Å². The molecule has 134 valence electrons. The number of carbonyl (C=O) groups excluding carboxylic acids is 1. The molecule has 6 heteroatoms. The molecule has 25 heavy (non-hydrogen) atoms. The van der Waals surface area contributed by atoms with Crippen molar-refractivity contribution >= 4 is 6.29 Å². The summed E-state index contributed by atoms with van der Waals surface area (Å²) >= 11 is 0. The Balaban J connectivity index is 1.77.